The SMILES string of the molecule is COC(=O)/C=C(\C)N[C@@H](C)C(=O)O. The van der Waals surface area contributed by atoms with E-state index in [1.807, 2.05) is 0 Å². The minimum atomic E-state index is -0.974. The summed E-state index contributed by atoms with van der Waals surface area (Å²) in [7, 11) is 1.26. The summed E-state index contributed by atoms with van der Waals surface area (Å²) >= 11 is 0. The molecular weight excluding hydrogens is 174 g/mol. The number of carboxylic acids is 1. The molecule has 0 amide bonds. The fourth-order valence-corrected chi connectivity index (χ4v) is 0.681. The molecule has 0 saturated carbocycles. The number of esters is 1. The van der Waals surface area contributed by atoms with Gasteiger partial charge in [0.25, 0.3) is 0 Å². The molecule has 13 heavy (non-hydrogen) atoms. The molecule has 0 radical (unpaired) electrons. The summed E-state index contributed by atoms with van der Waals surface area (Å²) in [6.45, 7) is 3.08. The fraction of sp³-hybridized carbons (Fsp3) is 0.500. The normalized spacial score (nSPS) is 13.3. The van der Waals surface area contributed by atoms with Gasteiger partial charge in [-0.25, -0.2) is 4.79 Å². The van der Waals surface area contributed by atoms with E-state index in [1.54, 1.807) is 6.92 Å². The summed E-state index contributed by atoms with van der Waals surface area (Å²) in [5.74, 6) is -1.49. The molecule has 0 aromatic carbocycles. The van der Waals surface area contributed by atoms with E-state index in [0.29, 0.717) is 5.70 Å². The van der Waals surface area contributed by atoms with Gasteiger partial charge >= 0.3 is 11.9 Å². The molecule has 1 atom stereocenters. The van der Waals surface area contributed by atoms with Gasteiger partial charge in [-0.05, 0) is 13.8 Å². The summed E-state index contributed by atoms with van der Waals surface area (Å²) in [5.41, 5.74) is 0.460. The van der Waals surface area contributed by atoms with Crippen molar-refractivity contribution in [3.63, 3.8) is 0 Å². The molecule has 0 bridgehead atoms. The van der Waals surface area contributed by atoms with Crippen molar-refractivity contribution in [1.82, 2.24) is 5.32 Å². The Hall–Kier alpha value is -1.52. The summed E-state index contributed by atoms with van der Waals surface area (Å²) in [5, 5.41) is 11.1. The molecule has 0 rings (SSSR count). The van der Waals surface area contributed by atoms with Crippen LogP contribution in [0.3, 0.4) is 0 Å². The maximum Gasteiger partial charge on any atom is 0.332 e. The number of aliphatic carboxylic acids is 1. The second-order valence-corrected chi connectivity index (χ2v) is 2.55. The lowest BCUT2D eigenvalue weighted by Gasteiger charge is -2.09. The van der Waals surface area contributed by atoms with Crippen molar-refractivity contribution < 1.29 is 19.4 Å². The van der Waals surface area contributed by atoms with Crippen LogP contribution in [0.1, 0.15) is 13.8 Å². The van der Waals surface area contributed by atoms with Crippen LogP contribution < -0.4 is 5.32 Å². The Balaban J connectivity index is 4.13. The van der Waals surface area contributed by atoms with Crippen LogP contribution in [0.15, 0.2) is 11.8 Å². The molecule has 0 saturated heterocycles. The van der Waals surface area contributed by atoms with E-state index in [0.717, 1.165) is 0 Å². The molecule has 0 heterocycles. The van der Waals surface area contributed by atoms with E-state index < -0.39 is 18.0 Å². The first-order valence-electron chi connectivity index (χ1n) is 3.73. The number of methoxy groups -OCH3 is 1. The highest BCUT2D eigenvalue weighted by Crippen LogP contribution is 1.92. The summed E-state index contributed by atoms with van der Waals surface area (Å²) in [6.07, 6.45) is 1.19. The van der Waals surface area contributed by atoms with Crippen molar-refractivity contribution in [2.75, 3.05) is 7.11 Å². The smallest absolute Gasteiger partial charge is 0.332 e. The minimum absolute atomic E-state index is 0.460. The Kier molecular flexibility index (Phi) is 4.58. The zero-order valence-corrected chi connectivity index (χ0v) is 7.83. The summed E-state index contributed by atoms with van der Waals surface area (Å²) in [6, 6.07) is -0.721. The predicted molar refractivity (Wildman–Crippen MR) is 46.0 cm³/mol. The van der Waals surface area contributed by atoms with Crippen molar-refractivity contribution >= 4 is 11.9 Å². The lowest BCUT2D eigenvalue weighted by Crippen LogP contribution is -2.32. The van der Waals surface area contributed by atoms with E-state index in [-0.39, 0.29) is 0 Å². The molecule has 0 aliphatic rings. The van der Waals surface area contributed by atoms with E-state index in [1.165, 1.54) is 20.1 Å². The third-order valence-electron chi connectivity index (χ3n) is 1.35. The Bertz CT molecular complexity index is 234. The average molecular weight is 187 g/mol. The molecule has 0 spiro atoms. The lowest BCUT2D eigenvalue weighted by atomic mass is 10.3. The van der Waals surface area contributed by atoms with Crippen molar-refractivity contribution in [3.8, 4) is 0 Å². The Morgan fingerprint density at radius 2 is 2.08 bits per heavy atom. The van der Waals surface area contributed by atoms with Crippen molar-refractivity contribution in [2.24, 2.45) is 0 Å². The van der Waals surface area contributed by atoms with Gasteiger partial charge in [0, 0.05) is 11.8 Å². The number of carbonyl (C=O) groups is 2. The highest BCUT2D eigenvalue weighted by Gasteiger charge is 2.09. The van der Waals surface area contributed by atoms with Crippen LogP contribution >= 0.6 is 0 Å². The molecule has 2 N–H and O–H groups in total. The molecule has 0 unspecified atom stereocenters. The number of carbonyl (C=O) groups excluding carboxylic acids is 1. The number of carboxylic acid groups (broad SMARTS) is 1. The van der Waals surface area contributed by atoms with Crippen molar-refractivity contribution in [2.45, 2.75) is 19.9 Å². The van der Waals surface area contributed by atoms with Crippen LogP contribution in [0.5, 0.6) is 0 Å². The third kappa shape index (κ3) is 4.84. The molecule has 0 aliphatic carbocycles. The molecule has 74 valence electrons. The van der Waals surface area contributed by atoms with E-state index in [2.05, 4.69) is 10.1 Å². The standard InChI is InChI=1S/C8H13NO4/c1-5(4-7(10)13-3)9-6(2)8(11)12/h4,6,9H,1-3H3,(H,11,12)/b5-4+/t6-/m0/s1. The Labute approximate surface area is 76.4 Å². The topological polar surface area (TPSA) is 75.6 Å². The van der Waals surface area contributed by atoms with E-state index in [4.69, 9.17) is 5.11 Å². The van der Waals surface area contributed by atoms with Crippen LogP contribution in [0.2, 0.25) is 0 Å². The number of hydrogen-bond donors (Lipinski definition) is 2. The lowest BCUT2D eigenvalue weighted by molar-refractivity contribution is -0.139. The zero-order chi connectivity index (χ0) is 10.4. The maximum atomic E-state index is 10.7. The second kappa shape index (κ2) is 5.18. The predicted octanol–water partition coefficient (Wildman–Crippen LogP) is 0.126. The van der Waals surface area contributed by atoms with Crippen LogP contribution in [0.25, 0.3) is 0 Å². The largest absolute Gasteiger partial charge is 0.480 e. The highest BCUT2D eigenvalue weighted by atomic mass is 16.5. The summed E-state index contributed by atoms with van der Waals surface area (Å²) < 4.78 is 4.36. The monoisotopic (exact) mass is 187 g/mol. The van der Waals surface area contributed by atoms with E-state index >= 15 is 0 Å². The molecule has 5 nitrogen and oxygen atoms in total. The third-order valence-corrected chi connectivity index (χ3v) is 1.35. The number of allylic oxidation sites excluding steroid dienone is 1. The number of hydrogen-bond acceptors (Lipinski definition) is 4. The molecule has 5 heteroatoms. The van der Waals surface area contributed by atoms with Gasteiger partial charge in [0.05, 0.1) is 7.11 Å². The zero-order valence-electron chi connectivity index (χ0n) is 7.83. The number of ether oxygens (including phenoxy) is 1. The quantitative estimate of drug-likeness (QED) is 0.483. The van der Waals surface area contributed by atoms with Gasteiger partial charge in [0.1, 0.15) is 6.04 Å². The van der Waals surface area contributed by atoms with Gasteiger partial charge in [-0.3, -0.25) is 4.79 Å². The average Bonchev–Trinajstić information content (AvgIpc) is 2.03. The van der Waals surface area contributed by atoms with Crippen molar-refractivity contribution in [3.05, 3.63) is 11.8 Å². The van der Waals surface area contributed by atoms with Crippen LogP contribution in [-0.4, -0.2) is 30.2 Å². The Morgan fingerprint density at radius 3 is 2.46 bits per heavy atom. The molecule has 0 aromatic heterocycles. The maximum absolute atomic E-state index is 10.7. The molecule has 0 aliphatic heterocycles. The van der Waals surface area contributed by atoms with Crippen LogP contribution in [-0.2, 0) is 14.3 Å². The van der Waals surface area contributed by atoms with Crippen molar-refractivity contribution in [1.29, 1.82) is 0 Å². The van der Waals surface area contributed by atoms with Gasteiger partial charge in [-0.15, -0.1) is 0 Å². The number of rotatable bonds is 4. The van der Waals surface area contributed by atoms with Crippen LogP contribution in [0, 0.1) is 0 Å². The first-order chi connectivity index (χ1) is 5.97. The molecular formula is C8H13NO4. The van der Waals surface area contributed by atoms with Gasteiger partial charge in [-0.1, -0.05) is 0 Å². The minimum Gasteiger partial charge on any atom is -0.480 e. The van der Waals surface area contributed by atoms with Gasteiger partial charge < -0.3 is 15.2 Å². The van der Waals surface area contributed by atoms with Gasteiger partial charge in [0.15, 0.2) is 0 Å². The van der Waals surface area contributed by atoms with E-state index in [9.17, 15) is 9.59 Å². The van der Waals surface area contributed by atoms with Gasteiger partial charge in [0.2, 0.25) is 0 Å². The van der Waals surface area contributed by atoms with Gasteiger partial charge in [-0.2, -0.15) is 0 Å². The number of nitrogens with one attached hydrogen (secondary N) is 1. The molecule has 0 fully saturated rings. The van der Waals surface area contributed by atoms with Crippen LogP contribution in [0.4, 0.5) is 0 Å². The first kappa shape index (κ1) is 11.5. The first-order valence-corrected chi connectivity index (χ1v) is 3.73. The highest BCUT2D eigenvalue weighted by molar-refractivity contribution is 5.82. The molecule has 0 aromatic rings. The fourth-order valence-electron chi connectivity index (χ4n) is 0.681. The Morgan fingerprint density at radius 1 is 1.54 bits per heavy atom. The summed E-state index contributed by atoms with van der Waals surface area (Å²) in [4.78, 5) is 21.1. The second-order valence-electron chi connectivity index (χ2n) is 2.55.